The van der Waals surface area contributed by atoms with Crippen molar-refractivity contribution >= 4 is 11.9 Å². The Hall–Kier alpha value is -1.32. The van der Waals surface area contributed by atoms with Gasteiger partial charge < -0.3 is 9.47 Å². The van der Waals surface area contributed by atoms with E-state index in [2.05, 4.69) is 26.8 Å². The number of rotatable bonds is 2. The summed E-state index contributed by atoms with van der Waals surface area (Å²) in [5, 5.41) is 0. The molecule has 0 aromatic carbocycles. The molecule has 0 unspecified atom stereocenters. The highest BCUT2D eigenvalue weighted by Crippen LogP contribution is 2.66. The van der Waals surface area contributed by atoms with Crippen molar-refractivity contribution in [1.82, 2.24) is 0 Å². The smallest absolute Gasteiger partial charge is 0.310 e. The minimum atomic E-state index is -0.167. The minimum Gasteiger partial charge on any atom is -0.463 e. The van der Waals surface area contributed by atoms with E-state index in [0.717, 1.165) is 25.0 Å². The molecule has 0 spiro atoms. The molecule has 0 aromatic rings. The maximum absolute atomic E-state index is 11.8. The van der Waals surface area contributed by atoms with E-state index >= 15 is 0 Å². The third-order valence-corrected chi connectivity index (χ3v) is 8.46. The molecule has 1 aliphatic heterocycles. The first-order valence-electron chi connectivity index (χ1n) is 10.3. The monoisotopic (exact) mass is 360 g/mol. The van der Waals surface area contributed by atoms with Crippen LogP contribution in [0.4, 0.5) is 0 Å². The lowest BCUT2D eigenvalue weighted by Crippen LogP contribution is -2.51. The minimum absolute atomic E-state index is 0.0000317. The Balaban J connectivity index is 1.60. The Bertz CT molecular complexity index is 653. The lowest BCUT2D eigenvalue weighted by Gasteiger charge is -2.56. The Morgan fingerprint density at radius 3 is 2.73 bits per heavy atom. The van der Waals surface area contributed by atoms with E-state index in [1.807, 2.05) is 0 Å². The molecule has 1 saturated heterocycles. The molecule has 26 heavy (non-hydrogen) atoms. The van der Waals surface area contributed by atoms with Gasteiger partial charge in [-0.05, 0) is 74.7 Å². The van der Waals surface area contributed by atoms with Crippen LogP contribution in [0, 0.1) is 34.5 Å². The maximum Gasteiger partial charge on any atom is 0.310 e. The van der Waals surface area contributed by atoms with Crippen molar-refractivity contribution in [3.05, 3.63) is 11.8 Å². The second kappa shape index (κ2) is 6.10. The normalized spacial score (nSPS) is 45.5. The van der Waals surface area contributed by atoms with Crippen LogP contribution < -0.4 is 0 Å². The van der Waals surface area contributed by atoms with Crippen LogP contribution in [-0.2, 0) is 19.1 Å². The largest absolute Gasteiger partial charge is 0.463 e. The molecule has 4 heteroatoms. The number of hydrogen-bond acceptors (Lipinski definition) is 4. The number of esters is 2. The van der Waals surface area contributed by atoms with Crippen LogP contribution in [0.1, 0.15) is 72.6 Å². The van der Waals surface area contributed by atoms with Crippen LogP contribution in [0.2, 0.25) is 0 Å². The molecule has 4 aliphatic rings. The highest BCUT2D eigenvalue weighted by Gasteiger charge is 2.60. The molecule has 0 aromatic heterocycles. The summed E-state index contributed by atoms with van der Waals surface area (Å²) in [6, 6.07) is 0. The SMILES string of the molecule is CC(=O)O[C@@H](C)[C@H]1CC[C@H]2[C@@H]3CC=C4OC(=O)CC[C@@]4(C)[C@@H]3CC[C@]12C. The van der Waals surface area contributed by atoms with Crippen molar-refractivity contribution in [2.24, 2.45) is 34.5 Å². The summed E-state index contributed by atoms with van der Waals surface area (Å²) in [4.78, 5) is 23.2. The molecule has 4 rings (SSSR count). The Morgan fingerprint density at radius 1 is 1.23 bits per heavy atom. The average Bonchev–Trinajstić information content (AvgIpc) is 2.92. The van der Waals surface area contributed by atoms with Gasteiger partial charge in [0.25, 0.3) is 0 Å². The third-order valence-electron chi connectivity index (χ3n) is 8.46. The molecule has 0 radical (unpaired) electrons. The molecule has 0 N–H and O–H groups in total. The zero-order valence-electron chi connectivity index (χ0n) is 16.5. The van der Waals surface area contributed by atoms with Crippen LogP contribution in [0.25, 0.3) is 0 Å². The summed E-state index contributed by atoms with van der Waals surface area (Å²) in [6.07, 6.45) is 9.47. The van der Waals surface area contributed by atoms with E-state index in [1.54, 1.807) is 0 Å². The van der Waals surface area contributed by atoms with Gasteiger partial charge >= 0.3 is 11.9 Å². The predicted molar refractivity (Wildman–Crippen MR) is 97.9 cm³/mol. The molecule has 1 heterocycles. The molecule has 3 fully saturated rings. The number of carbonyl (C=O) groups excluding carboxylic acids is 2. The Labute approximate surface area is 156 Å². The van der Waals surface area contributed by atoms with E-state index < -0.39 is 0 Å². The van der Waals surface area contributed by atoms with E-state index in [-0.39, 0.29) is 28.9 Å². The number of hydrogen-bond donors (Lipinski definition) is 0. The van der Waals surface area contributed by atoms with E-state index in [1.165, 1.54) is 26.2 Å². The summed E-state index contributed by atoms with van der Waals surface area (Å²) in [5.74, 6) is 3.12. The van der Waals surface area contributed by atoms with Gasteiger partial charge in [-0.15, -0.1) is 0 Å². The molecular formula is C22H32O4. The van der Waals surface area contributed by atoms with Gasteiger partial charge in [0.15, 0.2) is 0 Å². The molecular weight excluding hydrogens is 328 g/mol. The maximum atomic E-state index is 11.8. The highest BCUT2D eigenvalue weighted by atomic mass is 16.5. The predicted octanol–water partition coefficient (Wildman–Crippen LogP) is 4.63. The van der Waals surface area contributed by atoms with Gasteiger partial charge in [-0.25, -0.2) is 0 Å². The van der Waals surface area contributed by atoms with Gasteiger partial charge in [-0.2, -0.15) is 0 Å². The quantitative estimate of drug-likeness (QED) is 0.674. The van der Waals surface area contributed by atoms with Crippen molar-refractivity contribution in [3.8, 4) is 0 Å². The molecule has 0 amide bonds. The van der Waals surface area contributed by atoms with Crippen molar-refractivity contribution in [1.29, 1.82) is 0 Å². The van der Waals surface area contributed by atoms with Gasteiger partial charge in [0.2, 0.25) is 0 Å². The topological polar surface area (TPSA) is 52.6 Å². The van der Waals surface area contributed by atoms with Crippen molar-refractivity contribution < 1.29 is 19.1 Å². The van der Waals surface area contributed by atoms with E-state index in [0.29, 0.717) is 30.1 Å². The zero-order chi connectivity index (χ0) is 18.7. The molecule has 144 valence electrons. The summed E-state index contributed by atoms with van der Waals surface area (Å²) in [7, 11) is 0. The van der Waals surface area contributed by atoms with E-state index in [9.17, 15) is 9.59 Å². The summed E-state index contributed by atoms with van der Waals surface area (Å²) in [6.45, 7) is 8.35. The number of fused-ring (bicyclic) bond motifs is 5. The standard InChI is InChI=1S/C22H32O4/c1-13(25-14(2)23)16-6-7-17-15-5-8-19-22(4,12-10-20(24)26-19)18(15)9-11-21(16,17)3/h8,13,15-18H,5-7,9-12H2,1-4H3/t13-,15-,16+,17-,18+,21+,22-/m0/s1. The van der Waals surface area contributed by atoms with Crippen molar-refractivity contribution in [2.45, 2.75) is 78.7 Å². The summed E-state index contributed by atoms with van der Waals surface area (Å²) >= 11 is 0. The van der Waals surface area contributed by atoms with E-state index in [4.69, 9.17) is 9.47 Å². The molecule has 2 saturated carbocycles. The average molecular weight is 360 g/mol. The van der Waals surface area contributed by atoms with Crippen LogP contribution in [0.5, 0.6) is 0 Å². The van der Waals surface area contributed by atoms with Crippen molar-refractivity contribution in [2.75, 3.05) is 0 Å². The van der Waals surface area contributed by atoms with Crippen molar-refractivity contribution in [3.63, 3.8) is 0 Å². The number of carbonyl (C=O) groups is 2. The molecule has 4 nitrogen and oxygen atoms in total. The lowest BCUT2D eigenvalue weighted by atomic mass is 9.49. The second-order valence-electron chi connectivity index (χ2n) is 9.62. The first kappa shape index (κ1) is 18.1. The molecule has 3 aliphatic carbocycles. The summed E-state index contributed by atoms with van der Waals surface area (Å²) in [5.41, 5.74) is 0.279. The van der Waals surface area contributed by atoms with Crippen LogP contribution >= 0.6 is 0 Å². The van der Waals surface area contributed by atoms with Gasteiger partial charge in [-0.3, -0.25) is 9.59 Å². The number of allylic oxidation sites excluding steroid dienone is 2. The summed E-state index contributed by atoms with van der Waals surface area (Å²) < 4.78 is 11.2. The molecule has 7 atom stereocenters. The fourth-order valence-electron chi connectivity index (χ4n) is 7.22. The lowest BCUT2D eigenvalue weighted by molar-refractivity contribution is -0.156. The number of ether oxygens (including phenoxy) is 2. The molecule has 0 bridgehead atoms. The van der Waals surface area contributed by atoms with Gasteiger partial charge in [-0.1, -0.05) is 13.8 Å². The second-order valence-corrected chi connectivity index (χ2v) is 9.62. The first-order valence-corrected chi connectivity index (χ1v) is 10.3. The zero-order valence-corrected chi connectivity index (χ0v) is 16.5. The highest BCUT2D eigenvalue weighted by molar-refractivity contribution is 5.72. The van der Waals surface area contributed by atoms with Gasteiger partial charge in [0.1, 0.15) is 11.9 Å². The fourth-order valence-corrected chi connectivity index (χ4v) is 7.22. The van der Waals surface area contributed by atoms with Gasteiger partial charge in [0, 0.05) is 24.7 Å². The Morgan fingerprint density at radius 2 is 2.00 bits per heavy atom. The third kappa shape index (κ3) is 2.55. The van der Waals surface area contributed by atoms with Crippen LogP contribution in [0.3, 0.4) is 0 Å². The Kier molecular flexibility index (Phi) is 4.24. The van der Waals surface area contributed by atoms with Crippen LogP contribution in [0.15, 0.2) is 11.8 Å². The first-order chi connectivity index (χ1) is 12.3. The van der Waals surface area contributed by atoms with Gasteiger partial charge in [0.05, 0.1) is 0 Å². The fraction of sp³-hybridized carbons (Fsp3) is 0.818. The van der Waals surface area contributed by atoms with Crippen LogP contribution in [-0.4, -0.2) is 18.0 Å².